The molecule has 0 radical (unpaired) electrons. The Morgan fingerprint density at radius 1 is 0.976 bits per heavy atom. The van der Waals surface area contributed by atoms with Crippen molar-refractivity contribution in [3.05, 3.63) is 134 Å². The Kier molecular flexibility index (Phi) is 7.86. The standard InChI is InChI=1S/C30H24F2N4O5/c1-17(19-9-11-23(31)24(32)14-19)34-28(37)21-8-5-13-33-27(21)35-26(18-6-3-2-4-7-18)16-40-20-10-12-25-22(15-20)29(38)41-30(39)36-25/h2-15,17,26H,16H2,1H3,(H,33,35)(H,34,37)(H,36,39)/t17-,26-/m0/s1. The molecule has 5 aromatic rings. The fourth-order valence-corrected chi connectivity index (χ4v) is 4.26. The van der Waals surface area contributed by atoms with Crippen molar-refractivity contribution in [2.45, 2.75) is 19.0 Å². The first kappa shape index (κ1) is 27.3. The molecule has 0 aliphatic heterocycles. The van der Waals surface area contributed by atoms with Crippen molar-refractivity contribution in [1.82, 2.24) is 15.3 Å². The van der Waals surface area contributed by atoms with Crippen molar-refractivity contribution in [3.8, 4) is 5.75 Å². The number of carbonyl (C=O) groups is 1. The number of benzene rings is 3. The molecular weight excluding hydrogens is 534 g/mol. The molecule has 11 heteroatoms. The van der Waals surface area contributed by atoms with E-state index in [1.165, 1.54) is 18.3 Å². The summed E-state index contributed by atoms with van der Waals surface area (Å²) in [7, 11) is 0. The van der Waals surface area contributed by atoms with Gasteiger partial charge in [-0.05, 0) is 60.5 Å². The number of amides is 1. The van der Waals surface area contributed by atoms with Crippen LogP contribution in [0.1, 0.15) is 40.5 Å². The van der Waals surface area contributed by atoms with Crippen LogP contribution in [-0.2, 0) is 0 Å². The first-order valence-electron chi connectivity index (χ1n) is 12.6. The number of pyridine rings is 1. The quantitative estimate of drug-likeness (QED) is 0.235. The van der Waals surface area contributed by atoms with Crippen LogP contribution in [0.25, 0.3) is 10.9 Å². The van der Waals surface area contributed by atoms with Gasteiger partial charge in [0.2, 0.25) is 0 Å². The molecule has 0 aliphatic rings. The number of halogens is 2. The van der Waals surface area contributed by atoms with E-state index in [9.17, 15) is 23.2 Å². The molecule has 0 saturated carbocycles. The molecule has 2 aromatic heterocycles. The number of H-pyrrole nitrogens is 1. The Labute approximate surface area is 231 Å². The number of nitrogens with one attached hydrogen (secondary N) is 3. The molecule has 2 atom stereocenters. The van der Waals surface area contributed by atoms with Crippen LogP contribution in [-0.4, -0.2) is 22.5 Å². The lowest BCUT2D eigenvalue weighted by atomic mass is 10.1. The summed E-state index contributed by atoms with van der Waals surface area (Å²) in [4.78, 5) is 43.6. The summed E-state index contributed by atoms with van der Waals surface area (Å²) in [6.07, 6.45) is 1.53. The van der Waals surface area contributed by atoms with Crippen LogP contribution in [0.4, 0.5) is 14.6 Å². The highest BCUT2D eigenvalue weighted by Crippen LogP contribution is 2.25. The van der Waals surface area contributed by atoms with Gasteiger partial charge < -0.3 is 19.8 Å². The second-order valence-electron chi connectivity index (χ2n) is 9.20. The number of hydrogen-bond acceptors (Lipinski definition) is 7. The van der Waals surface area contributed by atoms with Crippen LogP contribution in [0.3, 0.4) is 0 Å². The van der Waals surface area contributed by atoms with Gasteiger partial charge in [-0.3, -0.25) is 9.78 Å². The maximum atomic E-state index is 13.7. The number of ether oxygens (including phenoxy) is 1. The first-order valence-corrected chi connectivity index (χ1v) is 12.6. The highest BCUT2D eigenvalue weighted by atomic mass is 19.2. The summed E-state index contributed by atoms with van der Waals surface area (Å²) in [6, 6.07) is 19.5. The number of fused-ring (bicyclic) bond motifs is 1. The number of nitrogens with zero attached hydrogens (tertiary/aromatic N) is 1. The van der Waals surface area contributed by atoms with Gasteiger partial charge in [0.25, 0.3) is 5.91 Å². The van der Waals surface area contributed by atoms with Gasteiger partial charge in [-0.25, -0.2) is 23.4 Å². The Bertz CT molecular complexity index is 1820. The van der Waals surface area contributed by atoms with Crippen molar-refractivity contribution in [1.29, 1.82) is 0 Å². The molecule has 1 amide bonds. The van der Waals surface area contributed by atoms with E-state index in [4.69, 9.17) is 4.74 Å². The van der Waals surface area contributed by atoms with Crippen LogP contribution in [0.2, 0.25) is 0 Å². The lowest BCUT2D eigenvalue weighted by Crippen LogP contribution is -2.29. The summed E-state index contributed by atoms with van der Waals surface area (Å²) >= 11 is 0. The fourth-order valence-electron chi connectivity index (χ4n) is 4.26. The summed E-state index contributed by atoms with van der Waals surface area (Å²) in [5.74, 6) is -2.66. The molecule has 0 aliphatic carbocycles. The minimum Gasteiger partial charge on any atom is -0.491 e. The molecule has 41 heavy (non-hydrogen) atoms. The molecule has 5 rings (SSSR count). The molecular formula is C30H24F2N4O5. The maximum absolute atomic E-state index is 13.7. The lowest BCUT2D eigenvalue weighted by molar-refractivity contribution is 0.0940. The SMILES string of the molecule is C[C@H](NC(=O)c1cccnc1N[C@@H](COc1ccc2[nH]c(=O)oc(=O)c2c1)c1ccccc1)c1ccc(F)c(F)c1. The van der Waals surface area contributed by atoms with Crippen molar-refractivity contribution in [2.24, 2.45) is 0 Å². The maximum Gasteiger partial charge on any atom is 0.419 e. The third-order valence-corrected chi connectivity index (χ3v) is 6.41. The van der Waals surface area contributed by atoms with Crippen molar-refractivity contribution < 1.29 is 22.7 Å². The van der Waals surface area contributed by atoms with Gasteiger partial charge in [0.05, 0.1) is 28.6 Å². The van der Waals surface area contributed by atoms with E-state index in [1.807, 2.05) is 30.3 Å². The first-order chi connectivity index (χ1) is 19.8. The highest BCUT2D eigenvalue weighted by Gasteiger charge is 2.20. The lowest BCUT2D eigenvalue weighted by Gasteiger charge is -2.22. The van der Waals surface area contributed by atoms with E-state index in [2.05, 4.69) is 25.0 Å². The zero-order chi connectivity index (χ0) is 28.9. The Balaban J connectivity index is 1.37. The van der Waals surface area contributed by atoms with Crippen LogP contribution >= 0.6 is 0 Å². The van der Waals surface area contributed by atoms with Gasteiger partial charge in [0.15, 0.2) is 11.6 Å². The van der Waals surface area contributed by atoms with E-state index in [-0.39, 0.29) is 23.4 Å². The van der Waals surface area contributed by atoms with Crippen LogP contribution < -0.4 is 26.8 Å². The van der Waals surface area contributed by atoms with Crippen molar-refractivity contribution in [2.75, 3.05) is 11.9 Å². The monoisotopic (exact) mass is 558 g/mol. The van der Waals surface area contributed by atoms with E-state index in [0.29, 0.717) is 16.8 Å². The summed E-state index contributed by atoms with van der Waals surface area (Å²) in [6.45, 7) is 1.74. The summed E-state index contributed by atoms with van der Waals surface area (Å²) < 4.78 is 37.7. The average molecular weight is 559 g/mol. The summed E-state index contributed by atoms with van der Waals surface area (Å²) in [5, 5.41) is 6.22. The topological polar surface area (TPSA) is 126 Å². The Hall–Kier alpha value is -5.32. The van der Waals surface area contributed by atoms with Gasteiger partial charge in [0, 0.05) is 6.20 Å². The number of aromatic amines is 1. The zero-order valence-corrected chi connectivity index (χ0v) is 21.7. The smallest absolute Gasteiger partial charge is 0.419 e. The second kappa shape index (κ2) is 11.8. The van der Waals surface area contributed by atoms with Crippen LogP contribution in [0, 0.1) is 11.6 Å². The predicted molar refractivity (Wildman–Crippen MR) is 148 cm³/mol. The van der Waals surface area contributed by atoms with Gasteiger partial charge in [-0.15, -0.1) is 0 Å². The number of rotatable bonds is 9. The zero-order valence-electron chi connectivity index (χ0n) is 21.7. The molecule has 0 fully saturated rings. The second-order valence-corrected chi connectivity index (χ2v) is 9.20. The molecule has 0 bridgehead atoms. The number of hydrogen-bond donors (Lipinski definition) is 3. The van der Waals surface area contributed by atoms with E-state index in [1.54, 1.807) is 31.2 Å². The molecule has 3 N–H and O–H groups in total. The molecule has 0 spiro atoms. The largest absolute Gasteiger partial charge is 0.491 e. The van der Waals surface area contributed by atoms with Gasteiger partial charge in [0.1, 0.15) is 18.2 Å². The van der Waals surface area contributed by atoms with E-state index < -0.39 is 41.0 Å². The predicted octanol–water partition coefficient (Wildman–Crippen LogP) is 4.88. The van der Waals surface area contributed by atoms with Crippen molar-refractivity contribution >= 4 is 22.6 Å². The van der Waals surface area contributed by atoms with Gasteiger partial charge in [-0.2, -0.15) is 0 Å². The third kappa shape index (κ3) is 6.30. The van der Waals surface area contributed by atoms with Crippen LogP contribution in [0.15, 0.2) is 99.1 Å². The molecule has 9 nitrogen and oxygen atoms in total. The highest BCUT2D eigenvalue weighted by molar-refractivity contribution is 5.99. The Morgan fingerprint density at radius 2 is 1.78 bits per heavy atom. The number of carbonyl (C=O) groups excluding carboxylic acids is 1. The van der Waals surface area contributed by atoms with Gasteiger partial charge >= 0.3 is 11.4 Å². The molecule has 0 saturated heterocycles. The summed E-state index contributed by atoms with van der Waals surface area (Å²) in [5.41, 5.74) is 1.01. The molecule has 3 aromatic carbocycles. The minimum absolute atomic E-state index is 0.0765. The number of anilines is 1. The Morgan fingerprint density at radius 3 is 2.56 bits per heavy atom. The average Bonchev–Trinajstić information content (AvgIpc) is 2.97. The van der Waals surface area contributed by atoms with E-state index in [0.717, 1.165) is 17.7 Å². The number of aromatic nitrogens is 2. The van der Waals surface area contributed by atoms with Crippen LogP contribution in [0.5, 0.6) is 5.75 Å². The third-order valence-electron chi connectivity index (χ3n) is 6.41. The normalized spacial score (nSPS) is 12.5. The molecule has 0 unspecified atom stereocenters. The molecule has 208 valence electrons. The van der Waals surface area contributed by atoms with E-state index >= 15 is 0 Å². The molecule has 2 heterocycles. The van der Waals surface area contributed by atoms with Gasteiger partial charge in [-0.1, -0.05) is 36.4 Å². The fraction of sp³-hybridized carbons (Fsp3) is 0.133. The van der Waals surface area contributed by atoms with Crippen molar-refractivity contribution in [3.63, 3.8) is 0 Å². The minimum atomic E-state index is -1.00.